The Morgan fingerprint density at radius 3 is 2.55 bits per heavy atom. The molecule has 20 heavy (non-hydrogen) atoms. The summed E-state index contributed by atoms with van der Waals surface area (Å²) in [6, 6.07) is 17.3. The average molecular weight is 287 g/mol. The fourth-order valence-electron chi connectivity index (χ4n) is 2.07. The highest BCUT2D eigenvalue weighted by Crippen LogP contribution is 2.25. The largest absolute Gasteiger partial charge is 0.395 e. The Morgan fingerprint density at radius 1 is 1.15 bits per heavy atom. The molecule has 0 aliphatic rings. The van der Waals surface area contributed by atoms with Gasteiger partial charge in [0.05, 0.1) is 17.9 Å². The van der Waals surface area contributed by atoms with E-state index < -0.39 is 0 Å². The summed E-state index contributed by atoms with van der Waals surface area (Å²) in [6.45, 7) is 1.09. The topological polar surface area (TPSA) is 47.3 Å². The van der Waals surface area contributed by atoms with Crippen LogP contribution in [0.4, 0.5) is 5.69 Å². The average Bonchev–Trinajstić information content (AvgIpc) is 2.48. The number of hydrogen-bond donors (Lipinski definition) is 1. The Hall–Kier alpha value is -2.02. The van der Waals surface area contributed by atoms with Gasteiger partial charge in [0.1, 0.15) is 6.07 Å². The Balaban J connectivity index is 2.33. The zero-order valence-corrected chi connectivity index (χ0v) is 11.7. The lowest BCUT2D eigenvalue weighted by atomic mass is 10.1. The normalized spacial score (nSPS) is 10.1. The van der Waals surface area contributed by atoms with Crippen LogP contribution in [-0.4, -0.2) is 18.3 Å². The standard InChI is InChI=1S/C16H15ClN2O/c17-15-7-6-14(11-18)16(10-15)19(8-9-20)12-13-4-2-1-3-5-13/h1-7,10,20H,8-9,12H2. The van der Waals surface area contributed by atoms with Gasteiger partial charge in [0.2, 0.25) is 0 Å². The second-order valence-corrected chi connectivity index (χ2v) is 4.84. The van der Waals surface area contributed by atoms with Gasteiger partial charge in [-0.15, -0.1) is 0 Å². The first-order valence-electron chi connectivity index (χ1n) is 6.34. The second-order valence-electron chi connectivity index (χ2n) is 4.40. The monoisotopic (exact) mass is 286 g/mol. The first kappa shape index (κ1) is 14.4. The van der Waals surface area contributed by atoms with Crippen LogP contribution in [0.3, 0.4) is 0 Å². The van der Waals surface area contributed by atoms with Gasteiger partial charge < -0.3 is 10.0 Å². The molecule has 2 rings (SSSR count). The molecule has 0 aromatic heterocycles. The van der Waals surface area contributed by atoms with E-state index >= 15 is 0 Å². The Kier molecular flexibility index (Phi) is 5.00. The lowest BCUT2D eigenvalue weighted by molar-refractivity contribution is 0.301. The molecule has 2 aromatic rings. The summed E-state index contributed by atoms with van der Waals surface area (Å²) in [5, 5.41) is 19.0. The minimum atomic E-state index is 0.0181. The molecule has 0 atom stereocenters. The highest BCUT2D eigenvalue weighted by Gasteiger charge is 2.12. The van der Waals surface area contributed by atoms with E-state index in [-0.39, 0.29) is 6.61 Å². The molecule has 0 bridgehead atoms. The molecule has 0 saturated heterocycles. The molecule has 0 radical (unpaired) electrons. The van der Waals surface area contributed by atoms with Crippen LogP contribution in [0.5, 0.6) is 0 Å². The van der Waals surface area contributed by atoms with Gasteiger partial charge >= 0.3 is 0 Å². The van der Waals surface area contributed by atoms with Crippen LogP contribution >= 0.6 is 11.6 Å². The maximum Gasteiger partial charge on any atom is 0.101 e. The van der Waals surface area contributed by atoms with Gasteiger partial charge in [0, 0.05) is 18.1 Å². The number of rotatable bonds is 5. The lowest BCUT2D eigenvalue weighted by Crippen LogP contribution is -2.26. The number of aliphatic hydroxyl groups excluding tert-OH is 1. The van der Waals surface area contributed by atoms with Crippen molar-refractivity contribution in [2.45, 2.75) is 6.54 Å². The molecular formula is C16H15ClN2O. The molecule has 0 aliphatic carbocycles. The van der Waals surface area contributed by atoms with Crippen LogP contribution in [0.1, 0.15) is 11.1 Å². The molecule has 0 spiro atoms. The number of halogens is 1. The summed E-state index contributed by atoms with van der Waals surface area (Å²) < 4.78 is 0. The summed E-state index contributed by atoms with van der Waals surface area (Å²) in [5.41, 5.74) is 2.42. The van der Waals surface area contributed by atoms with Crippen molar-refractivity contribution in [1.29, 1.82) is 5.26 Å². The number of benzene rings is 2. The number of anilines is 1. The van der Waals surface area contributed by atoms with Crippen molar-refractivity contribution < 1.29 is 5.11 Å². The third-order valence-electron chi connectivity index (χ3n) is 3.01. The fourth-order valence-corrected chi connectivity index (χ4v) is 2.24. The lowest BCUT2D eigenvalue weighted by Gasteiger charge is -2.25. The van der Waals surface area contributed by atoms with Gasteiger partial charge in [0.25, 0.3) is 0 Å². The van der Waals surface area contributed by atoms with E-state index in [4.69, 9.17) is 11.6 Å². The van der Waals surface area contributed by atoms with E-state index in [1.807, 2.05) is 35.2 Å². The van der Waals surface area contributed by atoms with Crippen LogP contribution in [0.15, 0.2) is 48.5 Å². The zero-order valence-electron chi connectivity index (χ0n) is 11.0. The first-order chi connectivity index (χ1) is 9.74. The third-order valence-corrected chi connectivity index (χ3v) is 3.24. The van der Waals surface area contributed by atoms with Crippen molar-refractivity contribution in [2.75, 3.05) is 18.1 Å². The Labute approximate surface area is 123 Å². The summed E-state index contributed by atoms with van der Waals surface area (Å²) in [5.74, 6) is 0. The van der Waals surface area contributed by atoms with Gasteiger partial charge in [-0.1, -0.05) is 41.9 Å². The van der Waals surface area contributed by atoms with Crippen LogP contribution in [0.2, 0.25) is 5.02 Å². The van der Waals surface area contributed by atoms with Crippen LogP contribution < -0.4 is 4.90 Å². The van der Waals surface area contributed by atoms with Crippen LogP contribution in [0, 0.1) is 11.3 Å². The third kappa shape index (κ3) is 3.51. The molecule has 1 N–H and O–H groups in total. The van der Waals surface area contributed by atoms with Gasteiger partial charge in [-0.05, 0) is 23.8 Å². The molecule has 0 aliphatic heterocycles. The molecular weight excluding hydrogens is 272 g/mol. The predicted octanol–water partition coefficient (Wildman–Crippen LogP) is 3.21. The van der Waals surface area contributed by atoms with Gasteiger partial charge in [-0.2, -0.15) is 5.26 Å². The molecule has 0 fully saturated rings. The fraction of sp³-hybridized carbons (Fsp3) is 0.188. The van der Waals surface area contributed by atoms with Gasteiger partial charge in [-0.25, -0.2) is 0 Å². The molecule has 102 valence electrons. The Bertz CT molecular complexity index is 608. The molecule has 0 unspecified atom stereocenters. The molecule has 0 saturated carbocycles. The molecule has 2 aromatic carbocycles. The molecule has 4 heteroatoms. The van der Waals surface area contributed by atoms with Crippen LogP contribution in [0.25, 0.3) is 0 Å². The van der Waals surface area contributed by atoms with Gasteiger partial charge in [-0.3, -0.25) is 0 Å². The number of nitrogens with zero attached hydrogens (tertiary/aromatic N) is 2. The minimum Gasteiger partial charge on any atom is -0.395 e. The Morgan fingerprint density at radius 2 is 1.90 bits per heavy atom. The van der Waals surface area contributed by atoms with Crippen molar-refractivity contribution in [3.05, 3.63) is 64.7 Å². The summed E-state index contributed by atoms with van der Waals surface area (Å²) >= 11 is 6.02. The zero-order chi connectivity index (χ0) is 14.4. The highest BCUT2D eigenvalue weighted by molar-refractivity contribution is 6.30. The summed E-state index contributed by atoms with van der Waals surface area (Å²) in [4.78, 5) is 1.96. The van der Waals surface area contributed by atoms with Crippen molar-refractivity contribution in [2.24, 2.45) is 0 Å². The number of aliphatic hydroxyl groups is 1. The van der Waals surface area contributed by atoms with Gasteiger partial charge in [0.15, 0.2) is 0 Å². The van der Waals surface area contributed by atoms with E-state index in [1.54, 1.807) is 18.2 Å². The van der Waals surface area contributed by atoms with Crippen molar-refractivity contribution in [3.8, 4) is 6.07 Å². The maximum atomic E-state index is 9.25. The van der Waals surface area contributed by atoms with Crippen molar-refractivity contribution in [3.63, 3.8) is 0 Å². The summed E-state index contributed by atoms with van der Waals surface area (Å²) in [7, 11) is 0. The predicted molar refractivity (Wildman–Crippen MR) is 80.7 cm³/mol. The SMILES string of the molecule is N#Cc1ccc(Cl)cc1N(CCO)Cc1ccccc1. The van der Waals surface area contributed by atoms with E-state index in [1.165, 1.54) is 0 Å². The maximum absolute atomic E-state index is 9.25. The van der Waals surface area contributed by atoms with E-state index in [0.717, 1.165) is 11.3 Å². The molecule has 0 amide bonds. The van der Waals surface area contributed by atoms with E-state index in [0.29, 0.717) is 23.7 Å². The van der Waals surface area contributed by atoms with E-state index in [9.17, 15) is 10.4 Å². The molecule has 0 heterocycles. The number of hydrogen-bond acceptors (Lipinski definition) is 3. The van der Waals surface area contributed by atoms with Crippen molar-refractivity contribution >= 4 is 17.3 Å². The smallest absolute Gasteiger partial charge is 0.101 e. The van der Waals surface area contributed by atoms with E-state index in [2.05, 4.69) is 6.07 Å². The second kappa shape index (κ2) is 6.95. The quantitative estimate of drug-likeness (QED) is 0.918. The van der Waals surface area contributed by atoms with Crippen LogP contribution in [-0.2, 0) is 6.54 Å². The van der Waals surface area contributed by atoms with Crippen molar-refractivity contribution in [1.82, 2.24) is 0 Å². The minimum absolute atomic E-state index is 0.0181. The highest BCUT2D eigenvalue weighted by atomic mass is 35.5. The number of nitriles is 1. The first-order valence-corrected chi connectivity index (χ1v) is 6.72. The summed E-state index contributed by atoms with van der Waals surface area (Å²) in [6.07, 6.45) is 0. The molecule has 3 nitrogen and oxygen atoms in total.